The molecule has 4 nitrogen and oxygen atoms in total. The van der Waals surface area contributed by atoms with E-state index in [2.05, 4.69) is 0 Å². The highest BCUT2D eigenvalue weighted by Crippen LogP contribution is 2.42. The Labute approximate surface area is 107 Å². The largest absolute Gasteiger partial charge is 0.496 e. The third-order valence-electron chi connectivity index (χ3n) is 3.46. The van der Waals surface area contributed by atoms with Crippen molar-refractivity contribution in [3.05, 3.63) is 23.8 Å². The SMILES string of the molecule is COc1cccc(OC)c1[C@H]1CCCN1C(C)=O. The highest BCUT2D eigenvalue weighted by molar-refractivity contribution is 5.74. The van der Waals surface area contributed by atoms with Gasteiger partial charge < -0.3 is 14.4 Å². The van der Waals surface area contributed by atoms with Crippen LogP contribution in [0.2, 0.25) is 0 Å². The first-order valence-electron chi connectivity index (χ1n) is 6.17. The van der Waals surface area contributed by atoms with Gasteiger partial charge in [0.2, 0.25) is 5.91 Å². The first-order chi connectivity index (χ1) is 8.69. The number of carbonyl (C=O) groups is 1. The van der Waals surface area contributed by atoms with Gasteiger partial charge in [0.05, 0.1) is 25.8 Å². The predicted molar refractivity (Wildman–Crippen MR) is 68.9 cm³/mol. The van der Waals surface area contributed by atoms with Gasteiger partial charge in [0.25, 0.3) is 0 Å². The summed E-state index contributed by atoms with van der Waals surface area (Å²) in [6, 6.07) is 5.78. The van der Waals surface area contributed by atoms with E-state index in [-0.39, 0.29) is 11.9 Å². The van der Waals surface area contributed by atoms with Crippen molar-refractivity contribution in [3.8, 4) is 11.5 Å². The zero-order valence-corrected chi connectivity index (χ0v) is 11.1. The number of hydrogen-bond donors (Lipinski definition) is 0. The van der Waals surface area contributed by atoms with E-state index < -0.39 is 0 Å². The second-order valence-electron chi connectivity index (χ2n) is 4.45. The van der Waals surface area contributed by atoms with Crippen molar-refractivity contribution < 1.29 is 14.3 Å². The summed E-state index contributed by atoms with van der Waals surface area (Å²) in [5.74, 6) is 1.67. The zero-order chi connectivity index (χ0) is 13.1. The standard InChI is InChI=1S/C14H19NO3/c1-10(16)15-9-5-6-11(15)14-12(17-2)7-4-8-13(14)18-3/h4,7-8,11H,5-6,9H2,1-3H3/t11-/m1/s1. The summed E-state index contributed by atoms with van der Waals surface area (Å²) in [5.41, 5.74) is 0.982. The molecule has 0 N–H and O–H groups in total. The van der Waals surface area contributed by atoms with E-state index in [1.165, 1.54) is 0 Å². The van der Waals surface area contributed by atoms with Crippen LogP contribution in [0.5, 0.6) is 11.5 Å². The van der Waals surface area contributed by atoms with E-state index in [0.29, 0.717) is 0 Å². The van der Waals surface area contributed by atoms with Gasteiger partial charge >= 0.3 is 0 Å². The van der Waals surface area contributed by atoms with Gasteiger partial charge in [-0.25, -0.2) is 0 Å². The van der Waals surface area contributed by atoms with Crippen LogP contribution in [-0.2, 0) is 4.79 Å². The Morgan fingerprint density at radius 1 is 1.28 bits per heavy atom. The summed E-state index contributed by atoms with van der Waals surface area (Å²) in [6.07, 6.45) is 1.97. The quantitative estimate of drug-likeness (QED) is 0.825. The lowest BCUT2D eigenvalue weighted by Gasteiger charge is -2.26. The normalized spacial score (nSPS) is 18.8. The topological polar surface area (TPSA) is 38.8 Å². The zero-order valence-electron chi connectivity index (χ0n) is 11.1. The summed E-state index contributed by atoms with van der Waals surface area (Å²) >= 11 is 0. The molecule has 4 heteroatoms. The summed E-state index contributed by atoms with van der Waals surface area (Å²) in [5, 5.41) is 0. The number of amides is 1. The van der Waals surface area contributed by atoms with Gasteiger partial charge in [-0.3, -0.25) is 4.79 Å². The average Bonchev–Trinajstić information content (AvgIpc) is 2.86. The van der Waals surface area contributed by atoms with Crippen molar-refractivity contribution in [2.75, 3.05) is 20.8 Å². The third kappa shape index (κ3) is 2.15. The molecule has 98 valence electrons. The van der Waals surface area contributed by atoms with E-state index >= 15 is 0 Å². The van der Waals surface area contributed by atoms with E-state index in [9.17, 15) is 4.79 Å². The van der Waals surface area contributed by atoms with Gasteiger partial charge in [-0.15, -0.1) is 0 Å². The van der Waals surface area contributed by atoms with Gasteiger partial charge in [0.1, 0.15) is 11.5 Å². The van der Waals surface area contributed by atoms with Crippen LogP contribution in [0.3, 0.4) is 0 Å². The van der Waals surface area contributed by atoms with E-state index in [4.69, 9.17) is 9.47 Å². The Hall–Kier alpha value is -1.71. The number of carbonyl (C=O) groups excluding carboxylic acids is 1. The van der Waals surface area contributed by atoms with Gasteiger partial charge in [0, 0.05) is 13.5 Å². The number of rotatable bonds is 3. The Morgan fingerprint density at radius 3 is 2.39 bits per heavy atom. The van der Waals surface area contributed by atoms with E-state index in [1.54, 1.807) is 21.1 Å². The van der Waals surface area contributed by atoms with Crippen LogP contribution < -0.4 is 9.47 Å². The molecule has 1 aromatic carbocycles. The number of hydrogen-bond acceptors (Lipinski definition) is 3. The minimum Gasteiger partial charge on any atom is -0.496 e. The molecule has 1 fully saturated rings. The van der Waals surface area contributed by atoms with E-state index in [1.807, 2.05) is 23.1 Å². The van der Waals surface area contributed by atoms with Gasteiger partial charge in [-0.1, -0.05) is 6.07 Å². The minimum atomic E-state index is 0.0635. The predicted octanol–water partition coefficient (Wildman–Crippen LogP) is 2.39. The highest BCUT2D eigenvalue weighted by atomic mass is 16.5. The number of nitrogens with zero attached hydrogens (tertiary/aromatic N) is 1. The molecule has 1 aliphatic heterocycles. The molecule has 0 unspecified atom stereocenters. The third-order valence-corrected chi connectivity index (χ3v) is 3.46. The van der Waals surface area contributed by atoms with Crippen LogP contribution >= 0.6 is 0 Å². The maximum Gasteiger partial charge on any atom is 0.219 e. The molecule has 0 bridgehead atoms. The van der Waals surface area contributed by atoms with Crippen LogP contribution in [0.25, 0.3) is 0 Å². The molecule has 0 saturated carbocycles. The summed E-state index contributed by atoms with van der Waals surface area (Å²) < 4.78 is 10.8. The fourth-order valence-electron chi connectivity index (χ4n) is 2.65. The van der Waals surface area contributed by atoms with Crippen molar-refractivity contribution in [2.24, 2.45) is 0 Å². The molecule has 1 heterocycles. The fourth-order valence-corrected chi connectivity index (χ4v) is 2.65. The van der Waals surface area contributed by atoms with Crippen LogP contribution in [0, 0.1) is 0 Å². The van der Waals surface area contributed by atoms with Gasteiger partial charge in [0.15, 0.2) is 0 Å². The smallest absolute Gasteiger partial charge is 0.219 e. The van der Waals surface area contributed by atoms with Crippen molar-refractivity contribution in [3.63, 3.8) is 0 Å². The summed E-state index contributed by atoms with van der Waals surface area (Å²) in [4.78, 5) is 13.6. The Balaban J connectivity index is 2.45. The Morgan fingerprint density at radius 2 is 1.89 bits per heavy atom. The highest BCUT2D eigenvalue weighted by Gasteiger charge is 2.32. The van der Waals surface area contributed by atoms with E-state index in [0.717, 1.165) is 36.4 Å². The second-order valence-corrected chi connectivity index (χ2v) is 4.45. The lowest BCUT2D eigenvalue weighted by Crippen LogP contribution is -2.28. The molecular formula is C14H19NO3. The van der Waals surface area contributed by atoms with Crippen molar-refractivity contribution in [1.82, 2.24) is 4.90 Å². The number of benzene rings is 1. The lowest BCUT2D eigenvalue weighted by molar-refractivity contribution is -0.129. The Kier molecular flexibility index (Phi) is 3.75. The molecule has 1 saturated heterocycles. The van der Waals surface area contributed by atoms with Crippen molar-refractivity contribution in [1.29, 1.82) is 0 Å². The molecule has 1 aliphatic rings. The second kappa shape index (κ2) is 5.29. The maximum atomic E-state index is 11.7. The van der Waals surface area contributed by atoms with Gasteiger partial charge in [-0.05, 0) is 25.0 Å². The van der Waals surface area contributed by atoms with Crippen LogP contribution in [0.1, 0.15) is 31.4 Å². The lowest BCUT2D eigenvalue weighted by atomic mass is 10.0. The molecular weight excluding hydrogens is 230 g/mol. The molecule has 2 rings (SSSR count). The van der Waals surface area contributed by atoms with Crippen molar-refractivity contribution in [2.45, 2.75) is 25.8 Å². The summed E-state index contributed by atoms with van der Waals surface area (Å²) in [7, 11) is 3.29. The van der Waals surface area contributed by atoms with Crippen LogP contribution in [0.15, 0.2) is 18.2 Å². The molecule has 1 amide bonds. The summed E-state index contributed by atoms with van der Waals surface area (Å²) in [6.45, 7) is 2.42. The first-order valence-corrected chi connectivity index (χ1v) is 6.17. The fraction of sp³-hybridized carbons (Fsp3) is 0.500. The van der Waals surface area contributed by atoms with Crippen molar-refractivity contribution >= 4 is 5.91 Å². The maximum absolute atomic E-state index is 11.7. The average molecular weight is 249 g/mol. The first kappa shape index (κ1) is 12.7. The molecule has 0 aromatic heterocycles. The molecule has 0 aliphatic carbocycles. The van der Waals surface area contributed by atoms with Gasteiger partial charge in [-0.2, -0.15) is 0 Å². The molecule has 1 aromatic rings. The molecule has 0 spiro atoms. The molecule has 1 atom stereocenters. The molecule has 0 radical (unpaired) electrons. The van der Waals surface area contributed by atoms with Crippen LogP contribution in [-0.4, -0.2) is 31.6 Å². The number of ether oxygens (including phenoxy) is 2. The minimum absolute atomic E-state index is 0.0635. The number of likely N-dealkylation sites (tertiary alicyclic amines) is 1. The Bertz CT molecular complexity index is 422. The monoisotopic (exact) mass is 249 g/mol. The number of methoxy groups -OCH3 is 2. The molecule has 18 heavy (non-hydrogen) atoms. The van der Waals surface area contributed by atoms with Crippen LogP contribution in [0.4, 0.5) is 0 Å².